The van der Waals surface area contributed by atoms with Crippen LogP contribution >= 0.6 is 0 Å². The Morgan fingerprint density at radius 1 is 1.33 bits per heavy atom. The van der Waals surface area contributed by atoms with Gasteiger partial charge in [0.25, 0.3) is 0 Å². The molecule has 0 aromatic carbocycles. The lowest BCUT2D eigenvalue weighted by Crippen LogP contribution is -2.20. The smallest absolute Gasteiger partial charge is 0.332 e. The molecule has 96 valence electrons. The molecule has 2 rings (SSSR count). The molecule has 0 bridgehead atoms. The third kappa shape index (κ3) is 2.08. The average molecular weight is 247 g/mol. The molecular weight excluding hydrogens is 230 g/mol. The lowest BCUT2D eigenvalue weighted by molar-refractivity contribution is -0.143. The van der Waals surface area contributed by atoms with Gasteiger partial charge in [-0.1, -0.05) is 13.8 Å². The van der Waals surface area contributed by atoms with E-state index < -0.39 is 0 Å². The summed E-state index contributed by atoms with van der Waals surface area (Å²) in [5, 5.41) is 0. The number of aryl methyl sites for hydroxylation is 3. The quantitative estimate of drug-likeness (QED) is 0.832. The van der Waals surface area contributed by atoms with Gasteiger partial charge in [-0.05, 0) is 19.9 Å². The van der Waals surface area contributed by atoms with Gasteiger partial charge in [0, 0.05) is 18.5 Å². The zero-order chi connectivity index (χ0) is 13.3. The number of pyridine rings is 1. The fraction of sp³-hybridized carbons (Fsp3) is 0.462. The van der Waals surface area contributed by atoms with E-state index in [1.807, 2.05) is 26.8 Å². The van der Waals surface area contributed by atoms with Gasteiger partial charge in [-0.2, -0.15) is 4.73 Å². The van der Waals surface area contributed by atoms with Crippen LogP contribution in [0.1, 0.15) is 37.5 Å². The number of carbonyl (C=O) groups excluding carboxylic acids is 1. The summed E-state index contributed by atoms with van der Waals surface area (Å²) < 4.78 is 1.53. The summed E-state index contributed by atoms with van der Waals surface area (Å²) in [6, 6.07) is 1.89. The monoisotopic (exact) mass is 247 g/mol. The number of hydrogen-bond acceptors (Lipinski definition) is 4. The van der Waals surface area contributed by atoms with E-state index in [9.17, 15) is 4.79 Å². The van der Waals surface area contributed by atoms with Crippen molar-refractivity contribution < 1.29 is 9.63 Å². The summed E-state index contributed by atoms with van der Waals surface area (Å²) >= 11 is 0. The second-order valence-corrected chi connectivity index (χ2v) is 4.21. The summed E-state index contributed by atoms with van der Waals surface area (Å²) in [7, 11) is 0. The first kappa shape index (κ1) is 12.5. The minimum atomic E-state index is -0.267. The molecule has 0 aliphatic heterocycles. The Labute approximate surface area is 106 Å². The lowest BCUT2D eigenvalue weighted by atomic mass is 10.3. The van der Waals surface area contributed by atoms with Gasteiger partial charge in [-0.25, -0.2) is 9.78 Å². The van der Waals surface area contributed by atoms with Crippen LogP contribution in [-0.4, -0.2) is 20.7 Å². The van der Waals surface area contributed by atoms with Crippen LogP contribution in [0.15, 0.2) is 6.07 Å². The highest BCUT2D eigenvalue weighted by Crippen LogP contribution is 2.19. The Hall–Kier alpha value is -1.91. The summed E-state index contributed by atoms with van der Waals surface area (Å²) in [6.07, 6.45) is 1.04. The highest BCUT2D eigenvalue weighted by atomic mass is 16.7. The molecule has 5 nitrogen and oxygen atoms in total. The molecule has 18 heavy (non-hydrogen) atoms. The molecule has 0 atom stereocenters. The Balaban J connectivity index is 2.64. The van der Waals surface area contributed by atoms with Crippen LogP contribution in [0.2, 0.25) is 0 Å². The zero-order valence-corrected chi connectivity index (χ0v) is 11.1. The van der Waals surface area contributed by atoms with Crippen molar-refractivity contribution in [3.05, 3.63) is 23.3 Å². The molecule has 0 amide bonds. The van der Waals surface area contributed by atoms with Crippen molar-refractivity contribution in [3.63, 3.8) is 0 Å². The maximum atomic E-state index is 11.5. The molecule has 0 aliphatic carbocycles. The molecule has 2 heterocycles. The van der Waals surface area contributed by atoms with Crippen LogP contribution in [-0.2, 0) is 11.2 Å². The van der Waals surface area contributed by atoms with E-state index in [2.05, 4.69) is 9.97 Å². The van der Waals surface area contributed by atoms with Gasteiger partial charge in [0.1, 0.15) is 16.9 Å². The van der Waals surface area contributed by atoms with Gasteiger partial charge in [0.15, 0.2) is 0 Å². The predicted octanol–water partition coefficient (Wildman–Crippen LogP) is 1.98. The largest absolute Gasteiger partial charge is 0.335 e. The van der Waals surface area contributed by atoms with Gasteiger partial charge in [0.05, 0.1) is 5.69 Å². The van der Waals surface area contributed by atoms with Crippen LogP contribution in [0.4, 0.5) is 0 Å². The first-order valence-corrected chi connectivity index (χ1v) is 6.13. The van der Waals surface area contributed by atoms with Gasteiger partial charge in [0.2, 0.25) is 0 Å². The van der Waals surface area contributed by atoms with E-state index in [0.29, 0.717) is 12.8 Å². The second kappa shape index (κ2) is 4.76. The summed E-state index contributed by atoms with van der Waals surface area (Å²) in [5.74, 6) is 0.471. The van der Waals surface area contributed by atoms with Crippen LogP contribution in [0.3, 0.4) is 0 Å². The van der Waals surface area contributed by atoms with Crippen LogP contribution in [0, 0.1) is 13.8 Å². The zero-order valence-electron chi connectivity index (χ0n) is 11.1. The van der Waals surface area contributed by atoms with Gasteiger partial charge in [-0.3, -0.25) is 4.98 Å². The number of imidazole rings is 1. The van der Waals surface area contributed by atoms with E-state index in [1.54, 1.807) is 6.92 Å². The average Bonchev–Trinajstić information content (AvgIpc) is 2.68. The fourth-order valence-corrected chi connectivity index (χ4v) is 1.90. The maximum Gasteiger partial charge on any atom is 0.332 e. The summed E-state index contributed by atoms with van der Waals surface area (Å²) in [6.45, 7) is 7.57. The highest BCUT2D eigenvalue weighted by Gasteiger charge is 2.15. The number of nitrogens with zero attached hydrogens (tertiary/aromatic N) is 3. The van der Waals surface area contributed by atoms with Crippen LogP contribution in [0.5, 0.6) is 0 Å². The van der Waals surface area contributed by atoms with E-state index >= 15 is 0 Å². The number of carbonyl (C=O) groups is 1. The van der Waals surface area contributed by atoms with Gasteiger partial charge < -0.3 is 4.84 Å². The van der Waals surface area contributed by atoms with Crippen molar-refractivity contribution in [3.8, 4) is 0 Å². The van der Waals surface area contributed by atoms with Gasteiger partial charge in [-0.15, -0.1) is 0 Å². The Morgan fingerprint density at radius 2 is 2.06 bits per heavy atom. The van der Waals surface area contributed by atoms with E-state index in [1.165, 1.54) is 4.73 Å². The highest BCUT2D eigenvalue weighted by molar-refractivity contribution is 5.79. The standard InChI is InChI=1S/C13H17N3O2/c1-5-11-15-13-9(4)14-8(3)7-10(13)16(11)18-12(17)6-2/h7H,5-6H2,1-4H3. The molecule has 2 aromatic rings. The summed E-state index contributed by atoms with van der Waals surface area (Å²) in [4.78, 5) is 25.7. The van der Waals surface area contributed by atoms with E-state index in [-0.39, 0.29) is 5.97 Å². The SMILES string of the molecule is CCC(=O)On1c(CC)nc2c(C)nc(C)cc21. The second-order valence-electron chi connectivity index (χ2n) is 4.21. The molecular formula is C13H17N3O2. The molecule has 0 fully saturated rings. The Morgan fingerprint density at radius 3 is 2.67 bits per heavy atom. The molecule has 0 saturated carbocycles. The van der Waals surface area contributed by atoms with Crippen molar-refractivity contribution in [1.82, 2.24) is 14.7 Å². The molecule has 0 aliphatic rings. The lowest BCUT2D eigenvalue weighted by Gasteiger charge is -2.07. The molecule has 0 spiro atoms. The van der Waals surface area contributed by atoms with Crippen LogP contribution in [0.25, 0.3) is 11.0 Å². The topological polar surface area (TPSA) is 57.0 Å². The number of aromatic nitrogens is 3. The maximum absolute atomic E-state index is 11.5. The number of fused-ring (bicyclic) bond motifs is 1. The van der Waals surface area contributed by atoms with Crippen LogP contribution < -0.4 is 4.84 Å². The number of hydrogen-bond donors (Lipinski definition) is 0. The van der Waals surface area contributed by atoms with E-state index in [4.69, 9.17) is 4.84 Å². The Kier molecular flexibility index (Phi) is 3.32. The van der Waals surface area contributed by atoms with Crippen molar-refractivity contribution in [2.45, 2.75) is 40.5 Å². The van der Waals surface area contributed by atoms with Crippen molar-refractivity contribution >= 4 is 17.0 Å². The summed E-state index contributed by atoms with van der Waals surface area (Å²) in [5.41, 5.74) is 3.34. The first-order chi connectivity index (χ1) is 8.56. The number of rotatable bonds is 3. The third-order valence-electron chi connectivity index (χ3n) is 2.77. The fourth-order valence-electron chi connectivity index (χ4n) is 1.90. The minimum Gasteiger partial charge on any atom is -0.335 e. The van der Waals surface area contributed by atoms with E-state index in [0.717, 1.165) is 28.2 Å². The van der Waals surface area contributed by atoms with Crippen molar-refractivity contribution in [2.75, 3.05) is 0 Å². The Bertz CT molecular complexity index is 602. The molecule has 5 heteroatoms. The molecule has 0 saturated heterocycles. The normalized spacial score (nSPS) is 10.9. The molecule has 0 N–H and O–H groups in total. The molecule has 2 aromatic heterocycles. The van der Waals surface area contributed by atoms with Crippen molar-refractivity contribution in [1.29, 1.82) is 0 Å². The third-order valence-corrected chi connectivity index (χ3v) is 2.77. The van der Waals surface area contributed by atoms with Crippen molar-refractivity contribution in [2.24, 2.45) is 0 Å². The van der Waals surface area contributed by atoms with Gasteiger partial charge >= 0.3 is 5.97 Å². The minimum absolute atomic E-state index is 0.267. The molecule has 0 unspecified atom stereocenters. The molecule has 0 radical (unpaired) electrons. The first-order valence-electron chi connectivity index (χ1n) is 6.13. The predicted molar refractivity (Wildman–Crippen MR) is 68.3 cm³/mol.